The molecule has 106 valence electrons. The van der Waals surface area contributed by atoms with Gasteiger partial charge < -0.3 is 16.0 Å². The molecule has 0 heterocycles. The SMILES string of the molecule is CCCNC(CN(C)CCc1ccccc1)C(N)=O. The van der Waals surface area contributed by atoms with Crippen LogP contribution in [0.15, 0.2) is 30.3 Å². The van der Waals surface area contributed by atoms with Gasteiger partial charge in [-0.1, -0.05) is 37.3 Å². The molecule has 1 atom stereocenters. The van der Waals surface area contributed by atoms with E-state index in [0.29, 0.717) is 6.54 Å². The van der Waals surface area contributed by atoms with Crippen molar-refractivity contribution < 1.29 is 4.79 Å². The van der Waals surface area contributed by atoms with Gasteiger partial charge in [-0.2, -0.15) is 0 Å². The van der Waals surface area contributed by atoms with Gasteiger partial charge in [-0.05, 0) is 32.0 Å². The predicted molar refractivity (Wildman–Crippen MR) is 78.9 cm³/mol. The van der Waals surface area contributed by atoms with Crippen molar-refractivity contribution in [2.75, 3.05) is 26.7 Å². The maximum atomic E-state index is 11.3. The monoisotopic (exact) mass is 263 g/mol. The van der Waals surface area contributed by atoms with Crippen LogP contribution in [0.4, 0.5) is 0 Å². The van der Waals surface area contributed by atoms with Gasteiger partial charge in [0.25, 0.3) is 0 Å². The molecule has 0 fully saturated rings. The highest BCUT2D eigenvalue weighted by Gasteiger charge is 2.16. The van der Waals surface area contributed by atoms with E-state index >= 15 is 0 Å². The Balaban J connectivity index is 2.35. The first-order valence-electron chi connectivity index (χ1n) is 6.88. The Kier molecular flexibility index (Phi) is 7.15. The number of carbonyl (C=O) groups is 1. The summed E-state index contributed by atoms with van der Waals surface area (Å²) in [6.45, 7) is 4.47. The van der Waals surface area contributed by atoms with Crippen molar-refractivity contribution in [3.63, 3.8) is 0 Å². The molecule has 0 aromatic heterocycles. The third kappa shape index (κ3) is 6.36. The minimum atomic E-state index is -0.278. The molecule has 1 aromatic carbocycles. The maximum Gasteiger partial charge on any atom is 0.235 e. The summed E-state index contributed by atoms with van der Waals surface area (Å²) < 4.78 is 0. The summed E-state index contributed by atoms with van der Waals surface area (Å²) in [4.78, 5) is 13.5. The Hall–Kier alpha value is -1.39. The molecule has 0 saturated carbocycles. The number of primary amides is 1. The van der Waals surface area contributed by atoms with E-state index in [1.807, 2.05) is 25.2 Å². The molecule has 4 heteroatoms. The third-order valence-corrected chi connectivity index (χ3v) is 3.10. The van der Waals surface area contributed by atoms with Crippen molar-refractivity contribution in [1.29, 1.82) is 0 Å². The van der Waals surface area contributed by atoms with Crippen molar-refractivity contribution in [1.82, 2.24) is 10.2 Å². The second-order valence-electron chi connectivity index (χ2n) is 4.91. The molecular formula is C15H25N3O. The van der Waals surface area contributed by atoms with Crippen molar-refractivity contribution in [2.24, 2.45) is 5.73 Å². The van der Waals surface area contributed by atoms with Crippen LogP contribution in [0.3, 0.4) is 0 Å². The molecule has 3 N–H and O–H groups in total. The van der Waals surface area contributed by atoms with Crippen molar-refractivity contribution >= 4 is 5.91 Å². The number of amides is 1. The van der Waals surface area contributed by atoms with Crippen LogP contribution < -0.4 is 11.1 Å². The second-order valence-corrected chi connectivity index (χ2v) is 4.91. The summed E-state index contributed by atoms with van der Waals surface area (Å²) in [5.74, 6) is -0.278. The lowest BCUT2D eigenvalue weighted by Crippen LogP contribution is -2.48. The lowest BCUT2D eigenvalue weighted by molar-refractivity contribution is -0.120. The molecular weight excluding hydrogens is 238 g/mol. The first-order valence-corrected chi connectivity index (χ1v) is 6.88. The van der Waals surface area contributed by atoms with Crippen molar-refractivity contribution in [2.45, 2.75) is 25.8 Å². The lowest BCUT2D eigenvalue weighted by Gasteiger charge is -2.22. The molecule has 0 bridgehead atoms. The van der Waals surface area contributed by atoms with Gasteiger partial charge in [0.2, 0.25) is 5.91 Å². The van der Waals surface area contributed by atoms with Gasteiger partial charge in [0.15, 0.2) is 0 Å². The van der Waals surface area contributed by atoms with Gasteiger partial charge in [0.1, 0.15) is 0 Å². The highest BCUT2D eigenvalue weighted by Crippen LogP contribution is 2.01. The molecule has 0 aliphatic heterocycles. The van der Waals surface area contributed by atoms with Gasteiger partial charge in [0.05, 0.1) is 6.04 Å². The van der Waals surface area contributed by atoms with E-state index < -0.39 is 0 Å². The average Bonchev–Trinajstić information content (AvgIpc) is 2.42. The molecule has 0 aliphatic carbocycles. The average molecular weight is 263 g/mol. The van der Waals surface area contributed by atoms with Crippen LogP contribution in [0.2, 0.25) is 0 Å². The van der Waals surface area contributed by atoms with Gasteiger partial charge in [0, 0.05) is 13.1 Å². The number of hydrogen-bond donors (Lipinski definition) is 2. The Morgan fingerprint density at radius 3 is 2.63 bits per heavy atom. The van der Waals surface area contributed by atoms with Crippen LogP contribution in [0.1, 0.15) is 18.9 Å². The van der Waals surface area contributed by atoms with Gasteiger partial charge in [-0.3, -0.25) is 4.79 Å². The summed E-state index contributed by atoms with van der Waals surface area (Å²) >= 11 is 0. The highest BCUT2D eigenvalue weighted by molar-refractivity contribution is 5.80. The molecule has 19 heavy (non-hydrogen) atoms. The maximum absolute atomic E-state index is 11.3. The first-order chi connectivity index (χ1) is 9.13. The first kappa shape index (κ1) is 15.7. The summed E-state index contributed by atoms with van der Waals surface area (Å²) in [6, 6.07) is 10.1. The van der Waals surface area contributed by atoms with Crippen molar-refractivity contribution in [3.05, 3.63) is 35.9 Å². The predicted octanol–water partition coefficient (Wildman–Crippen LogP) is 1.01. The van der Waals surface area contributed by atoms with E-state index in [-0.39, 0.29) is 11.9 Å². The van der Waals surface area contributed by atoms with E-state index in [1.54, 1.807) is 0 Å². The topological polar surface area (TPSA) is 58.4 Å². The molecule has 4 nitrogen and oxygen atoms in total. The van der Waals surface area contributed by atoms with E-state index in [0.717, 1.165) is 25.9 Å². The van der Waals surface area contributed by atoms with E-state index in [2.05, 4.69) is 29.3 Å². The van der Waals surface area contributed by atoms with Gasteiger partial charge in [-0.15, -0.1) is 0 Å². The number of hydrogen-bond acceptors (Lipinski definition) is 3. The number of rotatable bonds is 9. The number of nitrogens with one attached hydrogen (secondary N) is 1. The molecule has 0 radical (unpaired) electrons. The van der Waals surface area contributed by atoms with Crippen LogP contribution in [0, 0.1) is 0 Å². The molecule has 1 aromatic rings. The molecule has 1 amide bonds. The van der Waals surface area contributed by atoms with E-state index in [1.165, 1.54) is 5.56 Å². The van der Waals surface area contributed by atoms with Crippen LogP contribution in [0.5, 0.6) is 0 Å². The number of benzene rings is 1. The quantitative estimate of drug-likeness (QED) is 0.699. The minimum absolute atomic E-state index is 0.263. The fourth-order valence-electron chi connectivity index (χ4n) is 1.94. The molecule has 1 unspecified atom stereocenters. The van der Waals surface area contributed by atoms with Gasteiger partial charge in [-0.25, -0.2) is 0 Å². The lowest BCUT2D eigenvalue weighted by atomic mass is 10.1. The van der Waals surface area contributed by atoms with Crippen LogP contribution in [-0.2, 0) is 11.2 Å². The van der Waals surface area contributed by atoms with Gasteiger partial charge >= 0.3 is 0 Å². The van der Waals surface area contributed by atoms with E-state index in [9.17, 15) is 4.79 Å². The van der Waals surface area contributed by atoms with Crippen molar-refractivity contribution in [3.8, 4) is 0 Å². The highest BCUT2D eigenvalue weighted by atomic mass is 16.1. The van der Waals surface area contributed by atoms with Crippen LogP contribution >= 0.6 is 0 Å². The number of nitrogens with zero attached hydrogens (tertiary/aromatic N) is 1. The molecule has 0 spiro atoms. The Labute approximate surface area is 116 Å². The molecule has 1 rings (SSSR count). The zero-order valence-corrected chi connectivity index (χ0v) is 11.9. The fraction of sp³-hybridized carbons (Fsp3) is 0.533. The number of likely N-dealkylation sites (N-methyl/N-ethyl adjacent to an activating group) is 1. The van der Waals surface area contributed by atoms with Crippen LogP contribution in [-0.4, -0.2) is 43.5 Å². The molecule has 0 saturated heterocycles. The Morgan fingerprint density at radius 2 is 2.05 bits per heavy atom. The summed E-state index contributed by atoms with van der Waals surface area (Å²) in [6.07, 6.45) is 1.98. The number of carbonyl (C=O) groups excluding carboxylic acids is 1. The zero-order chi connectivity index (χ0) is 14.1. The summed E-state index contributed by atoms with van der Waals surface area (Å²) in [5.41, 5.74) is 6.72. The number of nitrogens with two attached hydrogens (primary N) is 1. The summed E-state index contributed by atoms with van der Waals surface area (Å²) in [7, 11) is 2.02. The minimum Gasteiger partial charge on any atom is -0.368 e. The summed E-state index contributed by atoms with van der Waals surface area (Å²) in [5, 5.41) is 3.18. The Bertz CT molecular complexity index is 367. The smallest absolute Gasteiger partial charge is 0.235 e. The van der Waals surface area contributed by atoms with E-state index in [4.69, 9.17) is 5.73 Å². The second kappa shape index (κ2) is 8.67. The fourth-order valence-corrected chi connectivity index (χ4v) is 1.94. The van der Waals surface area contributed by atoms with Crippen LogP contribution in [0.25, 0.3) is 0 Å². The standard InChI is InChI=1S/C15H25N3O/c1-3-10-17-14(15(16)19)12-18(2)11-9-13-7-5-4-6-8-13/h4-8,14,17H,3,9-12H2,1-2H3,(H2,16,19). The normalized spacial score (nSPS) is 12.6. The Morgan fingerprint density at radius 1 is 1.37 bits per heavy atom. The third-order valence-electron chi connectivity index (χ3n) is 3.10. The zero-order valence-electron chi connectivity index (χ0n) is 11.9. The molecule has 0 aliphatic rings. The largest absolute Gasteiger partial charge is 0.368 e.